The van der Waals surface area contributed by atoms with E-state index in [-0.39, 0.29) is 0 Å². The van der Waals surface area contributed by atoms with Crippen LogP contribution in [0, 0.1) is 0 Å². The van der Waals surface area contributed by atoms with E-state index in [1.54, 1.807) is 0 Å². The van der Waals surface area contributed by atoms with Gasteiger partial charge in [-0.25, -0.2) is 0 Å². The van der Waals surface area contributed by atoms with Gasteiger partial charge in [0.05, 0.1) is 5.02 Å². The number of nitrogens with two attached hydrogens (primary N) is 1. The van der Waals surface area contributed by atoms with Crippen LogP contribution in [0.4, 0.5) is 0 Å². The van der Waals surface area contributed by atoms with Gasteiger partial charge in [0.1, 0.15) is 0 Å². The average Bonchev–Trinajstić information content (AvgIpc) is 2.63. The van der Waals surface area contributed by atoms with Crippen LogP contribution in [0.1, 0.15) is 12.1 Å². The monoisotopic (exact) mass is 237 g/mol. The highest BCUT2D eigenvalue weighted by Crippen LogP contribution is 2.26. The van der Waals surface area contributed by atoms with E-state index in [9.17, 15) is 0 Å². The van der Waals surface area contributed by atoms with E-state index in [0.717, 1.165) is 41.1 Å². The van der Waals surface area contributed by atoms with Gasteiger partial charge in [0.25, 0.3) is 0 Å². The number of H-pyrrole nitrogens is 1. The van der Waals surface area contributed by atoms with Crippen molar-refractivity contribution in [3.05, 3.63) is 35.0 Å². The van der Waals surface area contributed by atoms with Crippen molar-refractivity contribution in [1.29, 1.82) is 0 Å². The maximum absolute atomic E-state index is 6.27. The average molecular weight is 238 g/mol. The standard InChI is InChI=1S/C12H16ClN3/c13-12-9-4-1-2-5-10(9)16-11(12)8-15-7-3-6-14/h1-2,4-5,15-16H,3,6-8,14H2. The molecule has 0 bridgehead atoms. The number of fused-ring (bicyclic) bond motifs is 1. The first-order valence-corrected chi connectivity index (χ1v) is 5.86. The van der Waals surface area contributed by atoms with Crippen LogP contribution in [0.5, 0.6) is 0 Å². The summed E-state index contributed by atoms with van der Waals surface area (Å²) in [7, 11) is 0. The number of halogens is 1. The number of nitrogens with one attached hydrogen (secondary N) is 2. The molecule has 86 valence electrons. The van der Waals surface area contributed by atoms with E-state index in [4.69, 9.17) is 17.3 Å². The highest BCUT2D eigenvalue weighted by atomic mass is 35.5. The van der Waals surface area contributed by atoms with Gasteiger partial charge in [-0.15, -0.1) is 0 Å². The zero-order valence-electron chi connectivity index (χ0n) is 9.09. The summed E-state index contributed by atoms with van der Waals surface area (Å²) in [6.45, 7) is 2.39. The van der Waals surface area contributed by atoms with Crippen LogP contribution in [0.25, 0.3) is 10.9 Å². The van der Waals surface area contributed by atoms with Crippen molar-refractivity contribution in [2.24, 2.45) is 5.73 Å². The molecule has 0 amide bonds. The zero-order valence-corrected chi connectivity index (χ0v) is 9.85. The van der Waals surface area contributed by atoms with Gasteiger partial charge < -0.3 is 16.0 Å². The fourth-order valence-corrected chi connectivity index (χ4v) is 2.00. The maximum Gasteiger partial charge on any atom is 0.0705 e. The molecular weight excluding hydrogens is 222 g/mol. The maximum atomic E-state index is 6.27. The zero-order chi connectivity index (χ0) is 11.4. The molecule has 0 aliphatic heterocycles. The van der Waals surface area contributed by atoms with Gasteiger partial charge >= 0.3 is 0 Å². The third-order valence-electron chi connectivity index (χ3n) is 2.57. The second-order valence-corrected chi connectivity index (χ2v) is 4.16. The lowest BCUT2D eigenvalue weighted by Crippen LogP contribution is -2.18. The Balaban J connectivity index is 2.09. The second-order valence-electron chi connectivity index (χ2n) is 3.78. The van der Waals surface area contributed by atoms with Gasteiger partial charge in [-0.1, -0.05) is 29.8 Å². The fraction of sp³-hybridized carbons (Fsp3) is 0.333. The molecule has 4 N–H and O–H groups in total. The first-order valence-electron chi connectivity index (χ1n) is 5.49. The summed E-state index contributed by atoms with van der Waals surface area (Å²) in [5.74, 6) is 0. The summed E-state index contributed by atoms with van der Waals surface area (Å²) >= 11 is 6.27. The van der Waals surface area contributed by atoms with E-state index in [0.29, 0.717) is 6.54 Å². The smallest absolute Gasteiger partial charge is 0.0705 e. The Kier molecular flexibility index (Phi) is 3.83. The van der Waals surface area contributed by atoms with Crippen molar-refractivity contribution >= 4 is 22.5 Å². The third kappa shape index (κ3) is 2.38. The lowest BCUT2D eigenvalue weighted by atomic mass is 10.2. The highest BCUT2D eigenvalue weighted by molar-refractivity contribution is 6.36. The van der Waals surface area contributed by atoms with E-state index in [1.807, 2.05) is 24.3 Å². The van der Waals surface area contributed by atoms with Gasteiger partial charge in [-0.2, -0.15) is 0 Å². The van der Waals surface area contributed by atoms with Gasteiger partial charge in [0.2, 0.25) is 0 Å². The second kappa shape index (κ2) is 5.34. The van der Waals surface area contributed by atoms with Crippen molar-refractivity contribution in [2.75, 3.05) is 13.1 Å². The van der Waals surface area contributed by atoms with Crippen LogP contribution in [0.15, 0.2) is 24.3 Å². The number of rotatable bonds is 5. The van der Waals surface area contributed by atoms with Gasteiger partial charge in [0.15, 0.2) is 0 Å². The number of aromatic amines is 1. The SMILES string of the molecule is NCCCNCc1[nH]c2ccccc2c1Cl. The molecule has 0 aliphatic carbocycles. The van der Waals surface area contributed by atoms with Crippen LogP contribution in [0.3, 0.4) is 0 Å². The topological polar surface area (TPSA) is 53.8 Å². The molecular formula is C12H16ClN3. The molecule has 0 spiro atoms. The van der Waals surface area contributed by atoms with E-state index < -0.39 is 0 Å². The quantitative estimate of drug-likeness (QED) is 0.699. The molecule has 0 unspecified atom stereocenters. The van der Waals surface area contributed by atoms with Crippen molar-refractivity contribution in [2.45, 2.75) is 13.0 Å². The van der Waals surface area contributed by atoms with E-state index >= 15 is 0 Å². The summed E-state index contributed by atoms with van der Waals surface area (Å²) < 4.78 is 0. The molecule has 4 heteroatoms. The van der Waals surface area contributed by atoms with Gasteiger partial charge in [0, 0.05) is 23.1 Å². The number of benzene rings is 1. The van der Waals surface area contributed by atoms with Crippen molar-refractivity contribution < 1.29 is 0 Å². The summed E-state index contributed by atoms with van der Waals surface area (Å²) in [5, 5.41) is 5.21. The predicted molar refractivity (Wildman–Crippen MR) is 68.7 cm³/mol. The van der Waals surface area contributed by atoms with Crippen LogP contribution in [-0.4, -0.2) is 18.1 Å². The van der Waals surface area contributed by atoms with Crippen LogP contribution in [0.2, 0.25) is 5.02 Å². The number of hydrogen-bond acceptors (Lipinski definition) is 2. The summed E-state index contributed by atoms with van der Waals surface area (Å²) in [6, 6.07) is 8.05. The Bertz CT molecular complexity index is 464. The molecule has 0 saturated carbocycles. The molecule has 1 aromatic carbocycles. The van der Waals surface area contributed by atoms with Gasteiger partial charge in [-0.05, 0) is 25.6 Å². The molecule has 16 heavy (non-hydrogen) atoms. The summed E-state index contributed by atoms with van der Waals surface area (Å²) in [5.41, 5.74) is 7.55. The van der Waals surface area contributed by atoms with Crippen molar-refractivity contribution in [1.82, 2.24) is 10.3 Å². The predicted octanol–water partition coefficient (Wildman–Crippen LogP) is 2.26. The summed E-state index contributed by atoms with van der Waals surface area (Å²) in [6.07, 6.45) is 0.984. The Morgan fingerprint density at radius 2 is 2.12 bits per heavy atom. The number of hydrogen-bond donors (Lipinski definition) is 3. The highest BCUT2D eigenvalue weighted by Gasteiger charge is 2.07. The minimum Gasteiger partial charge on any atom is -0.356 e. The molecule has 1 aromatic heterocycles. The van der Waals surface area contributed by atoms with Crippen LogP contribution in [-0.2, 0) is 6.54 Å². The van der Waals surface area contributed by atoms with Gasteiger partial charge in [-0.3, -0.25) is 0 Å². The number of aromatic nitrogens is 1. The Morgan fingerprint density at radius 1 is 1.31 bits per heavy atom. The molecule has 0 fully saturated rings. The van der Waals surface area contributed by atoms with Crippen LogP contribution >= 0.6 is 11.6 Å². The molecule has 0 radical (unpaired) electrons. The normalized spacial score (nSPS) is 11.1. The third-order valence-corrected chi connectivity index (χ3v) is 3.01. The van der Waals surface area contributed by atoms with Crippen LogP contribution < -0.4 is 11.1 Å². The Hall–Kier alpha value is -1.03. The number of para-hydroxylation sites is 1. The minimum atomic E-state index is 0.716. The first kappa shape index (κ1) is 11.5. The Labute approximate surface area is 100.0 Å². The molecule has 3 nitrogen and oxygen atoms in total. The van der Waals surface area contributed by atoms with E-state index in [2.05, 4.69) is 10.3 Å². The minimum absolute atomic E-state index is 0.716. The fourth-order valence-electron chi connectivity index (χ4n) is 1.73. The largest absolute Gasteiger partial charge is 0.356 e. The first-order chi connectivity index (χ1) is 7.83. The van der Waals surface area contributed by atoms with E-state index in [1.165, 1.54) is 0 Å². The molecule has 0 saturated heterocycles. The molecule has 0 atom stereocenters. The summed E-state index contributed by atoms with van der Waals surface area (Å²) in [4.78, 5) is 3.32. The van der Waals surface area contributed by atoms with Crippen molar-refractivity contribution in [3.63, 3.8) is 0 Å². The molecule has 2 rings (SSSR count). The molecule has 2 aromatic rings. The lowest BCUT2D eigenvalue weighted by Gasteiger charge is -2.01. The lowest BCUT2D eigenvalue weighted by molar-refractivity contribution is 0.649. The molecule has 1 heterocycles. The van der Waals surface area contributed by atoms with Crippen molar-refractivity contribution in [3.8, 4) is 0 Å². The Morgan fingerprint density at radius 3 is 2.88 bits per heavy atom. The molecule has 0 aliphatic rings.